The van der Waals surface area contributed by atoms with Gasteiger partial charge in [-0.15, -0.1) is 10.2 Å². The number of fused-ring (bicyclic) bond motifs is 1. The number of carboxylic acids is 1. The molecule has 4 atom stereocenters. The van der Waals surface area contributed by atoms with E-state index >= 15 is 0 Å². The number of tetrazole rings is 1. The third kappa shape index (κ3) is 2.96. The Hall–Kier alpha value is -1.54. The molecule has 1 saturated carbocycles. The molecule has 0 amide bonds. The van der Waals surface area contributed by atoms with Crippen molar-refractivity contribution < 1.29 is 9.90 Å². The van der Waals surface area contributed by atoms with Crippen LogP contribution in [0.2, 0.25) is 0 Å². The topological polar surface area (TPSA) is 116 Å². The van der Waals surface area contributed by atoms with E-state index in [1.54, 1.807) is 0 Å². The number of carbonyl (C=O) groups is 1. The lowest BCUT2D eigenvalue weighted by molar-refractivity contribution is -0.141. The molecule has 8 heteroatoms. The highest BCUT2D eigenvalue weighted by Crippen LogP contribution is 2.35. The molecular formula is C12H20N6O2. The van der Waals surface area contributed by atoms with Crippen LogP contribution in [0.25, 0.3) is 0 Å². The quantitative estimate of drug-likeness (QED) is 0.588. The first kappa shape index (κ1) is 13.4. The Bertz CT molecular complexity index is 451. The van der Waals surface area contributed by atoms with Crippen LogP contribution in [0.5, 0.6) is 0 Å². The highest BCUT2D eigenvalue weighted by Gasteiger charge is 2.37. The number of aromatic nitrogens is 4. The summed E-state index contributed by atoms with van der Waals surface area (Å²) in [7, 11) is 0. The minimum atomic E-state index is -0.731. The molecule has 0 spiro atoms. The second-order valence-corrected chi connectivity index (χ2v) is 5.77. The van der Waals surface area contributed by atoms with Gasteiger partial charge in [-0.25, -0.2) is 0 Å². The number of nitrogens with one attached hydrogen (secondary N) is 3. The zero-order valence-electron chi connectivity index (χ0n) is 11.2. The Morgan fingerprint density at radius 3 is 3.00 bits per heavy atom. The molecule has 110 valence electrons. The van der Waals surface area contributed by atoms with Crippen LogP contribution in [-0.2, 0) is 11.3 Å². The van der Waals surface area contributed by atoms with E-state index in [-0.39, 0.29) is 6.04 Å². The van der Waals surface area contributed by atoms with Crippen molar-refractivity contribution in [2.45, 2.75) is 44.3 Å². The molecule has 1 aromatic rings. The van der Waals surface area contributed by atoms with Crippen molar-refractivity contribution in [2.75, 3.05) is 6.54 Å². The fraction of sp³-hybridized carbons (Fsp3) is 0.833. The van der Waals surface area contributed by atoms with E-state index in [9.17, 15) is 4.79 Å². The number of piperidine rings is 1. The summed E-state index contributed by atoms with van der Waals surface area (Å²) in [5, 5.41) is 29.5. The van der Waals surface area contributed by atoms with Gasteiger partial charge in [0.1, 0.15) is 6.04 Å². The molecular weight excluding hydrogens is 260 g/mol. The van der Waals surface area contributed by atoms with Crippen LogP contribution in [0, 0.1) is 11.8 Å². The van der Waals surface area contributed by atoms with E-state index in [2.05, 4.69) is 31.3 Å². The summed E-state index contributed by atoms with van der Waals surface area (Å²) in [6.45, 7) is 1.44. The van der Waals surface area contributed by atoms with Gasteiger partial charge in [0.05, 0.1) is 6.54 Å². The van der Waals surface area contributed by atoms with Crippen molar-refractivity contribution in [3.8, 4) is 0 Å². The summed E-state index contributed by atoms with van der Waals surface area (Å²) in [6, 6.07) is 0.0366. The Kier molecular flexibility index (Phi) is 3.93. The van der Waals surface area contributed by atoms with Crippen molar-refractivity contribution in [2.24, 2.45) is 11.8 Å². The maximum absolute atomic E-state index is 11.1. The predicted octanol–water partition coefficient (Wildman–Crippen LogP) is -0.479. The van der Waals surface area contributed by atoms with Gasteiger partial charge in [-0.2, -0.15) is 5.21 Å². The van der Waals surface area contributed by atoms with Gasteiger partial charge in [-0.3, -0.25) is 4.79 Å². The average Bonchev–Trinajstić information content (AvgIpc) is 2.97. The lowest BCUT2D eigenvalue weighted by Crippen LogP contribution is -2.51. The van der Waals surface area contributed by atoms with Crippen LogP contribution in [0.4, 0.5) is 0 Å². The highest BCUT2D eigenvalue weighted by molar-refractivity contribution is 5.73. The van der Waals surface area contributed by atoms with Crippen molar-refractivity contribution in [1.82, 2.24) is 31.3 Å². The first-order valence-corrected chi connectivity index (χ1v) is 7.14. The summed E-state index contributed by atoms with van der Waals surface area (Å²) in [6.07, 6.45) is 4.04. The van der Waals surface area contributed by atoms with Crippen molar-refractivity contribution in [3.63, 3.8) is 0 Å². The van der Waals surface area contributed by atoms with E-state index in [0.29, 0.717) is 30.2 Å². The Morgan fingerprint density at radius 2 is 2.25 bits per heavy atom. The molecule has 2 fully saturated rings. The number of nitrogens with zero attached hydrogens (tertiary/aromatic N) is 3. The number of H-pyrrole nitrogens is 1. The lowest BCUT2D eigenvalue weighted by Gasteiger charge is -2.41. The Morgan fingerprint density at radius 1 is 1.35 bits per heavy atom. The number of rotatable bonds is 4. The van der Waals surface area contributed by atoms with Crippen LogP contribution in [0.15, 0.2) is 0 Å². The third-order valence-electron chi connectivity index (χ3n) is 4.54. The van der Waals surface area contributed by atoms with E-state index < -0.39 is 5.97 Å². The van der Waals surface area contributed by atoms with Gasteiger partial charge in [0.25, 0.3) is 0 Å². The van der Waals surface area contributed by atoms with Crippen molar-refractivity contribution >= 4 is 5.97 Å². The first-order valence-electron chi connectivity index (χ1n) is 7.14. The molecule has 1 aromatic heterocycles. The largest absolute Gasteiger partial charge is 0.480 e. The molecule has 0 radical (unpaired) electrons. The zero-order chi connectivity index (χ0) is 13.9. The van der Waals surface area contributed by atoms with Crippen LogP contribution in [-0.4, -0.2) is 50.3 Å². The molecule has 1 aliphatic heterocycles. The van der Waals surface area contributed by atoms with Crippen LogP contribution < -0.4 is 10.6 Å². The number of aromatic amines is 1. The standard InChI is InChI=1S/C12H20N6O2/c19-12(20)10-4-8-3-9(2-1-7(8)5-14-10)13-6-11-15-17-18-16-11/h7-10,13-14H,1-6H2,(H,19,20)(H,15,16,17,18)/t7-,8+,9-,10-/m1/s1. The maximum Gasteiger partial charge on any atom is 0.320 e. The van der Waals surface area contributed by atoms with E-state index in [4.69, 9.17) is 5.11 Å². The molecule has 1 aliphatic carbocycles. The maximum atomic E-state index is 11.1. The Labute approximate surface area is 116 Å². The Balaban J connectivity index is 1.52. The number of carboxylic acid groups (broad SMARTS) is 1. The predicted molar refractivity (Wildman–Crippen MR) is 69.7 cm³/mol. The highest BCUT2D eigenvalue weighted by atomic mass is 16.4. The summed E-state index contributed by atoms with van der Waals surface area (Å²) < 4.78 is 0. The van der Waals surface area contributed by atoms with E-state index in [1.807, 2.05) is 0 Å². The van der Waals surface area contributed by atoms with Gasteiger partial charge in [-0.05, 0) is 44.1 Å². The van der Waals surface area contributed by atoms with Gasteiger partial charge < -0.3 is 15.7 Å². The van der Waals surface area contributed by atoms with Gasteiger partial charge in [0, 0.05) is 6.04 Å². The van der Waals surface area contributed by atoms with Gasteiger partial charge in [0.15, 0.2) is 5.82 Å². The molecule has 3 rings (SSSR count). The molecule has 2 heterocycles. The minimum Gasteiger partial charge on any atom is -0.480 e. The second-order valence-electron chi connectivity index (χ2n) is 5.77. The minimum absolute atomic E-state index is 0.382. The fourth-order valence-electron chi connectivity index (χ4n) is 3.43. The lowest BCUT2D eigenvalue weighted by atomic mass is 9.72. The summed E-state index contributed by atoms with van der Waals surface area (Å²) >= 11 is 0. The molecule has 2 aliphatic rings. The van der Waals surface area contributed by atoms with Crippen LogP contribution in [0.3, 0.4) is 0 Å². The molecule has 20 heavy (non-hydrogen) atoms. The molecule has 0 aromatic carbocycles. The molecule has 0 bridgehead atoms. The van der Waals surface area contributed by atoms with Crippen LogP contribution >= 0.6 is 0 Å². The smallest absolute Gasteiger partial charge is 0.320 e. The van der Waals surface area contributed by atoms with Crippen LogP contribution in [0.1, 0.15) is 31.5 Å². The van der Waals surface area contributed by atoms with Gasteiger partial charge in [0.2, 0.25) is 0 Å². The first-order chi connectivity index (χ1) is 9.72. The van der Waals surface area contributed by atoms with Crippen molar-refractivity contribution in [3.05, 3.63) is 5.82 Å². The van der Waals surface area contributed by atoms with Crippen molar-refractivity contribution in [1.29, 1.82) is 0 Å². The van der Waals surface area contributed by atoms with Gasteiger partial charge in [-0.1, -0.05) is 5.21 Å². The molecule has 0 unspecified atom stereocenters. The fourth-order valence-corrected chi connectivity index (χ4v) is 3.43. The molecule has 8 nitrogen and oxygen atoms in total. The third-order valence-corrected chi connectivity index (χ3v) is 4.54. The summed E-state index contributed by atoms with van der Waals surface area (Å²) in [4.78, 5) is 11.1. The summed E-state index contributed by atoms with van der Waals surface area (Å²) in [5.74, 6) is 1.05. The summed E-state index contributed by atoms with van der Waals surface area (Å²) in [5.41, 5.74) is 0. The van der Waals surface area contributed by atoms with Gasteiger partial charge >= 0.3 is 5.97 Å². The molecule has 4 N–H and O–H groups in total. The zero-order valence-corrected chi connectivity index (χ0v) is 11.2. The number of hydrogen-bond donors (Lipinski definition) is 4. The molecule has 1 saturated heterocycles. The monoisotopic (exact) mass is 280 g/mol. The van der Waals surface area contributed by atoms with E-state index in [0.717, 1.165) is 32.2 Å². The van der Waals surface area contributed by atoms with E-state index in [1.165, 1.54) is 0 Å². The average molecular weight is 280 g/mol. The number of aliphatic carboxylic acids is 1. The second kappa shape index (κ2) is 5.84. The number of hydrogen-bond acceptors (Lipinski definition) is 6. The SMILES string of the molecule is O=C(O)[C@H]1C[C@@H]2C[C@H](NCc3nn[nH]n3)CC[C@@H]2CN1. The normalized spacial score (nSPS) is 33.6.